The van der Waals surface area contributed by atoms with Crippen molar-refractivity contribution in [2.45, 2.75) is 65.0 Å². The Morgan fingerprint density at radius 1 is 0.974 bits per heavy atom. The second-order valence-corrected chi connectivity index (χ2v) is 9.73. The molecule has 0 radical (unpaired) electrons. The molecule has 0 aliphatic heterocycles. The number of aryl methyl sites for hydroxylation is 2. The van der Waals surface area contributed by atoms with Gasteiger partial charge in [0.15, 0.2) is 5.58 Å². The molecule has 0 saturated carbocycles. The van der Waals surface area contributed by atoms with Crippen molar-refractivity contribution in [3.63, 3.8) is 0 Å². The lowest BCUT2D eigenvalue weighted by Gasteiger charge is -2.20. The number of carbonyl (C=O) groups is 1. The quantitative estimate of drug-likeness (QED) is 0.197. The molecule has 0 aliphatic rings. The Morgan fingerprint density at radius 3 is 2.53 bits per heavy atom. The summed E-state index contributed by atoms with van der Waals surface area (Å²) in [5.41, 5.74) is 4.97. The van der Waals surface area contributed by atoms with Gasteiger partial charge in [0.2, 0.25) is 0 Å². The molecule has 3 aromatic carbocycles. The fourth-order valence-corrected chi connectivity index (χ4v) is 4.63. The van der Waals surface area contributed by atoms with Crippen molar-refractivity contribution in [1.29, 1.82) is 0 Å². The standard InChI is InChI=1S/C31H35F2N3O2/c1-3-5-9-29-28-18-24(10-11-30(28)38-36-29)31(37)35-27(17-23-15-25(32)19-26(33)16-23)12-13-34-20-22-8-6-7-21(4-2)14-22/h6-8,10-11,14-16,18-19,27,34H,3-5,9,12-13,17,20H2,1-2H3,(H,35,37)/t27-/m1/s1. The van der Waals surface area contributed by atoms with Gasteiger partial charge in [0.25, 0.3) is 5.91 Å². The first-order valence-corrected chi connectivity index (χ1v) is 13.4. The van der Waals surface area contributed by atoms with Crippen molar-refractivity contribution in [1.82, 2.24) is 15.8 Å². The first kappa shape index (κ1) is 27.5. The van der Waals surface area contributed by atoms with Crippen LogP contribution in [0.25, 0.3) is 11.0 Å². The maximum absolute atomic E-state index is 13.9. The zero-order chi connectivity index (χ0) is 26.9. The normalized spacial score (nSPS) is 12.1. The molecule has 4 rings (SSSR count). The Balaban J connectivity index is 1.45. The highest BCUT2D eigenvalue weighted by molar-refractivity contribution is 5.98. The highest BCUT2D eigenvalue weighted by Gasteiger charge is 2.18. The maximum Gasteiger partial charge on any atom is 0.251 e. The fraction of sp³-hybridized carbons (Fsp3) is 0.355. The summed E-state index contributed by atoms with van der Waals surface area (Å²) in [5.74, 6) is -1.50. The van der Waals surface area contributed by atoms with Gasteiger partial charge < -0.3 is 15.2 Å². The van der Waals surface area contributed by atoms with Crippen molar-refractivity contribution in [2.75, 3.05) is 6.54 Å². The van der Waals surface area contributed by atoms with E-state index in [0.717, 1.165) is 42.8 Å². The molecular formula is C31H35F2N3O2. The molecule has 2 N–H and O–H groups in total. The Bertz CT molecular complexity index is 1350. The van der Waals surface area contributed by atoms with Crippen LogP contribution in [0.2, 0.25) is 0 Å². The van der Waals surface area contributed by atoms with Gasteiger partial charge in [0.1, 0.15) is 11.6 Å². The van der Waals surface area contributed by atoms with E-state index < -0.39 is 11.6 Å². The number of aromatic nitrogens is 1. The van der Waals surface area contributed by atoms with Crippen LogP contribution in [0, 0.1) is 11.6 Å². The SMILES string of the molecule is CCCCc1noc2ccc(C(=O)N[C@H](CCNCc3cccc(CC)c3)Cc3cc(F)cc(F)c3)cc12. The summed E-state index contributed by atoms with van der Waals surface area (Å²) in [4.78, 5) is 13.3. The average molecular weight is 520 g/mol. The van der Waals surface area contributed by atoms with Gasteiger partial charge >= 0.3 is 0 Å². The second kappa shape index (κ2) is 13.3. The molecule has 1 amide bonds. The van der Waals surface area contributed by atoms with Crippen molar-refractivity contribution in [3.05, 3.63) is 100 Å². The van der Waals surface area contributed by atoms with Gasteiger partial charge in [0, 0.05) is 29.6 Å². The van der Waals surface area contributed by atoms with Crippen LogP contribution in [-0.2, 0) is 25.8 Å². The maximum atomic E-state index is 13.9. The van der Waals surface area contributed by atoms with Crippen LogP contribution >= 0.6 is 0 Å². The minimum atomic E-state index is -0.628. The van der Waals surface area contributed by atoms with Gasteiger partial charge in [-0.2, -0.15) is 0 Å². The van der Waals surface area contributed by atoms with E-state index in [9.17, 15) is 13.6 Å². The number of hydrogen-bond acceptors (Lipinski definition) is 4. The topological polar surface area (TPSA) is 67.2 Å². The number of rotatable bonds is 13. The summed E-state index contributed by atoms with van der Waals surface area (Å²) in [5, 5.41) is 11.5. The number of benzene rings is 3. The van der Waals surface area contributed by atoms with Crippen LogP contribution in [-0.4, -0.2) is 23.7 Å². The van der Waals surface area contributed by atoms with Crippen LogP contribution in [0.5, 0.6) is 0 Å². The van der Waals surface area contributed by atoms with E-state index in [-0.39, 0.29) is 11.9 Å². The molecule has 1 heterocycles. The van der Waals surface area contributed by atoms with E-state index in [2.05, 4.69) is 53.9 Å². The summed E-state index contributed by atoms with van der Waals surface area (Å²) in [7, 11) is 0. The van der Waals surface area contributed by atoms with Gasteiger partial charge in [-0.25, -0.2) is 8.78 Å². The number of carbonyl (C=O) groups excluding carboxylic acids is 1. The first-order chi connectivity index (χ1) is 18.4. The fourth-order valence-electron chi connectivity index (χ4n) is 4.63. The molecular weight excluding hydrogens is 484 g/mol. The Hall–Kier alpha value is -3.58. The van der Waals surface area contributed by atoms with Gasteiger partial charge in [0.05, 0.1) is 5.69 Å². The molecule has 0 aliphatic carbocycles. The summed E-state index contributed by atoms with van der Waals surface area (Å²) >= 11 is 0. The third-order valence-corrected chi connectivity index (χ3v) is 6.71. The lowest BCUT2D eigenvalue weighted by molar-refractivity contribution is 0.0935. The molecule has 1 atom stereocenters. The monoisotopic (exact) mass is 519 g/mol. The van der Waals surface area contributed by atoms with Crippen LogP contribution in [0.1, 0.15) is 65.9 Å². The number of hydrogen-bond donors (Lipinski definition) is 2. The van der Waals surface area contributed by atoms with E-state index in [1.54, 1.807) is 12.1 Å². The summed E-state index contributed by atoms with van der Waals surface area (Å²) < 4.78 is 33.1. The number of unbranched alkanes of at least 4 members (excludes halogenated alkanes) is 1. The van der Waals surface area contributed by atoms with E-state index in [1.165, 1.54) is 23.3 Å². The molecule has 0 spiro atoms. The summed E-state index contributed by atoms with van der Waals surface area (Å²) in [6.45, 7) is 5.57. The molecule has 0 unspecified atom stereocenters. The Kier molecular flexibility index (Phi) is 9.60. The van der Waals surface area contributed by atoms with Crippen molar-refractivity contribution >= 4 is 16.9 Å². The first-order valence-electron chi connectivity index (χ1n) is 13.4. The molecule has 7 heteroatoms. The third kappa shape index (κ3) is 7.48. The van der Waals surface area contributed by atoms with E-state index in [1.807, 2.05) is 6.07 Å². The van der Waals surface area contributed by atoms with Crippen LogP contribution in [0.3, 0.4) is 0 Å². The van der Waals surface area contributed by atoms with E-state index in [4.69, 9.17) is 4.52 Å². The number of amides is 1. The van der Waals surface area contributed by atoms with Gasteiger partial charge in [-0.1, -0.05) is 49.7 Å². The highest BCUT2D eigenvalue weighted by atomic mass is 19.1. The number of nitrogens with zero attached hydrogens (tertiary/aromatic N) is 1. The molecule has 0 bridgehead atoms. The Morgan fingerprint density at radius 2 is 1.76 bits per heavy atom. The lowest BCUT2D eigenvalue weighted by atomic mass is 10.0. The zero-order valence-corrected chi connectivity index (χ0v) is 22.0. The van der Waals surface area contributed by atoms with Crippen LogP contribution < -0.4 is 10.6 Å². The van der Waals surface area contributed by atoms with Gasteiger partial charge in [-0.15, -0.1) is 0 Å². The Labute approximate surface area is 222 Å². The van der Waals surface area contributed by atoms with Crippen molar-refractivity contribution in [2.24, 2.45) is 0 Å². The van der Waals surface area contributed by atoms with Crippen molar-refractivity contribution < 1.29 is 18.1 Å². The van der Waals surface area contributed by atoms with Crippen molar-refractivity contribution in [3.8, 4) is 0 Å². The summed E-state index contributed by atoms with van der Waals surface area (Å²) in [6, 6.07) is 16.9. The third-order valence-electron chi connectivity index (χ3n) is 6.71. The largest absolute Gasteiger partial charge is 0.356 e. The highest BCUT2D eigenvalue weighted by Crippen LogP contribution is 2.22. The van der Waals surface area contributed by atoms with Crippen LogP contribution in [0.4, 0.5) is 8.78 Å². The van der Waals surface area contributed by atoms with Gasteiger partial charge in [-0.05, 0) is 85.7 Å². The smallest absolute Gasteiger partial charge is 0.251 e. The van der Waals surface area contributed by atoms with Crippen LogP contribution in [0.15, 0.2) is 65.2 Å². The zero-order valence-electron chi connectivity index (χ0n) is 22.0. The predicted molar refractivity (Wildman–Crippen MR) is 146 cm³/mol. The average Bonchev–Trinajstić information content (AvgIpc) is 3.31. The molecule has 0 saturated heterocycles. The minimum Gasteiger partial charge on any atom is -0.356 e. The number of halogens is 2. The molecule has 5 nitrogen and oxygen atoms in total. The molecule has 200 valence electrons. The lowest BCUT2D eigenvalue weighted by Crippen LogP contribution is -2.38. The predicted octanol–water partition coefficient (Wildman–Crippen LogP) is 6.53. The van der Waals surface area contributed by atoms with Gasteiger partial charge in [-0.3, -0.25) is 4.79 Å². The molecule has 38 heavy (non-hydrogen) atoms. The second-order valence-electron chi connectivity index (χ2n) is 9.73. The van der Waals surface area contributed by atoms with E-state index in [0.29, 0.717) is 42.6 Å². The molecule has 1 aromatic heterocycles. The number of fused-ring (bicyclic) bond motifs is 1. The molecule has 4 aromatic rings. The summed E-state index contributed by atoms with van der Waals surface area (Å²) in [6.07, 6.45) is 4.69. The number of nitrogens with one attached hydrogen (secondary N) is 2. The molecule has 0 fully saturated rings. The minimum absolute atomic E-state index is 0.243. The van der Waals surface area contributed by atoms with E-state index >= 15 is 0 Å².